The van der Waals surface area contributed by atoms with E-state index in [1.165, 1.54) is 11.6 Å². The fourth-order valence-corrected chi connectivity index (χ4v) is 1.96. The fourth-order valence-electron chi connectivity index (χ4n) is 1.96. The lowest BCUT2D eigenvalue weighted by atomic mass is 9.97. The van der Waals surface area contributed by atoms with Crippen LogP contribution in [0, 0.1) is 6.92 Å². The van der Waals surface area contributed by atoms with Crippen LogP contribution in [-0.2, 0) is 19.9 Å². The number of carbonyl (C=O) groups excluding carboxylic acids is 1. The number of hydrogen-bond donors (Lipinski definition) is 0. The quantitative estimate of drug-likeness (QED) is 0.559. The third-order valence-electron chi connectivity index (χ3n) is 3.46. The van der Waals surface area contributed by atoms with Crippen molar-refractivity contribution in [3.63, 3.8) is 0 Å². The van der Waals surface area contributed by atoms with Crippen molar-refractivity contribution in [1.29, 1.82) is 0 Å². The molecule has 1 aromatic carbocycles. The Bertz CT molecular complexity index is 484. The van der Waals surface area contributed by atoms with Crippen molar-refractivity contribution in [2.24, 2.45) is 0 Å². The van der Waals surface area contributed by atoms with Gasteiger partial charge in [-0.05, 0) is 40.2 Å². The Labute approximate surface area is 128 Å². The minimum Gasteiger partial charge on any atom is -0.456 e. The summed E-state index contributed by atoms with van der Waals surface area (Å²) in [5.41, 5.74) is 1.43. The minimum absolute atomic E-state index is 0.369. The molecular formula is C18H26O3. The molecule has 0 aromatic heterocycles. The van der Waals surface area contributed by atoms with Crippen LogP contribution in [0.25, 0.3) is 0 Å². The monoisotopic (exact) mass is 290 g/mol. The highest BCUT2D eigenvalue weighted by Crippen LogP contribution is 2.26. The van der Waals surface area contributed by atoms with Crippen molar-refractivity contribution >= 4 is 5.97 Å². The predicted molar refractivity (Wildman–Crippen MR) is 85.1 cm³/mol. The lowest BCUT2D eigenvalue weighted by Crippen LogP contribution is -2.31. The van der Waals surface area contributed by atoms with Crippen LogP contribution in [-0.4, -0.2) is 18.2 Å². The Morgan fingerprint density at radius 3 is 2.29 bits per heavy atom. The van der Waals surface area contributed by atoms with Gasteiger partial charge in [0.2, 0.25) is 0 Å². The second-order valence-electron chi connectivity index (χ2n) is 6.36. The van der Waals surface area contributed by atoms with Crippen molar-refractivity contribution in [3.05, 3.63) is 48.0 Å². The van der Waals surface area contributed by atoms with E-state index in [1.54, 1.807) is 0 Å². The predicted octanol–water partition coefficient (Wildman–Crippen LogP) is 4.14. The van der Waals surface area contributed by atoms with E-state index in [0.717, 1.165) is 5.56 Å². The van der Waals surface area contributed by atoms with Crippen LogP contribution in [0.5, 0.6) is 0 Å². The van der Waals surface area contributed by atoms with Gasteiger partial charge in [-0.2, -0.15) is 0 Å². The van der Waals surface area contributed by atoms with Gasteiger partial charge in [-0.15, -0.1) is 0 Å². The highest BCUT2D eigenvalue weighted by molar-refractivity contribution is 5.81. The Morgan fingerprint density at radius 2 is 1.76 bits per heavy atom. The molecule has 3 nitrogen and oxygen atoms in total. The van der Waals surface area contributed by atoms with Crippen LogP contribution in [0.1, 0.15) is 45.2 Å². The molecule has 0 aliphatic carbocycles. The molecule has 0 saturated heterocycles. The molecule has 0 aliphatic rings. The van der Waals surface area contributed by atoms with Gasteiger partial charge in [-0.25, -0.2) is 4.79 Å². The molecule has 3 heteroatoms. The topological polar surface area (TPSA) is 35.5 Å². The normalized spacial score (nSPS) is 12.0. The number of aryl methyl sites for hydroxylation is 1. The Hall–Kier alpha value is -1.61. The van der Waals surface area contributed by atoms with E-state index >= 15 is 0 Å². The Morgan fingerprint density at radius 1 is 1.19 bits per heavy atom. The van der Waals surface area contributed by atoms with Crippen molar-refractivity contribution in [3.8, 4) is 0 Å². The molecule has 0 amide bonds. The molecule has 0 saturated carbocycles. The molecule has 0 N–H and O–H groups in total. The Kier molecular flexibility index (Phi) is 5.73. The molecule has 0 fully saturated rings. The number of ether oxygens (including phenoxy) is 2. The first-order valence-corrected chi connectivity index (χ1v) is 7.23. The first kappa shape index (κ1) is 17.4. The molecule has 0 atom stereocenters. The van der Waals surface area contributed by atoms with Gasteiger partial charge in [0.15, 0.2) is 0 Å². The van der Waals surface area contributed by atoms with Crippen LogP contribution in [0.15, 0.2) is 36.9 Å². The maximum Gasteiger partial charge on any atom is 0.330 e. The van der Waals surface area contributed by atoms with E-state index < -0.39 is 11.6 Å². The van der Waals surface area contributed by atoms with Gasteiger partial charge in [0, 0.05) is 12.5 Å². The van der Waals surface area contributed by atoms with Crippen LogP contribution < -0.4 is 0 Å². The molecule has 0 radical (unpaired) electrons. The summed E-state index contributed by atoms with van der Waals surface area (Å²) in [6, 6.07) is 8.32. The number of rotatable bonds is 7. The van der Waals surface area contributed by atoms with Crippen molar-refractivity contribution < 1.29 is 14.3 Å². The molecule has 21 heavy (non-hydrogen) atoms. The second kappa shape index (κ2) is 6.90. The van der Waals surface area contributed by atoms with Gasteiger partial charge in [-0.3, -0.25) is 0 Å². The third-order valence-corrected chi connectivity index (χ3v) is 3.46. The van der Waals surface area contributed by atoms with Gasteiger partial charge in [0.25, 0.3) is 0 Å². The molecular weight excluding hydrogens is 264 g/mol. The SMILES string of the molecule is C=CC(=O)OC(C)(C)CCOC(C)(C)c1ccc(C)cc1. The van der Waals surface area contributed by atoms with Gasteiger partial charge < -0.3 is 9.47 Å². The van der Waals surface area contributed by atoms with E-state index in [9.17, 15) is 4.79 Å². The van der Waals surface area contributed by atoms with Crippen molar-refractivity contribution in [2.45, 2.75) is 52.2 Å². The summed E-state index contributed by atoms with van der Waals surface area (Å²) in [5, 5.41) is 0. The van der Waals surface area contributed by atoms with E-state index in [2.05, 4.69) is 37.8 Å². The second-order valence-corrected chi connectivity index (χ2v) is 6.36. The van der Waals surface area contributed by atoms with Crippen molar-refractivity contribution in [2.75, 3.05) is 6.61 Å². The first-order chi connectivity index (χ1) is 9.66. The molecule has 0 heterocycles. The summed E-state index contributed by atoms with van der Waals surface area (Å²) in [6.45, 7) is 13.8. The maximum absolute atomic E-state index is 11.3. The van der Waals surface area contributed by atoms with Crippen LogP contribution in [0.3, 0.4) is 0 Å². The lowest BCUT2D eigenvalue weighted by molar-refractivity contribution is -0.153. The summed E-state index contributed by atoms with van der Waals surface area (Å²) in [7, 11) is 0. The lowest BCUT2D eigenvalue weighted by Gasteiger charge is -2.29. The fraction of sp³-hybridized carbons (Fsp3) is 0.500. The zero-order valence-electron chi connectivity index (χ0n) is 13.7. The van der Waals surface area contributed by atoms with Crippen LogP contribution in [0.4, 0.5) is 0 Å². The third kappa shape index (κ3) is 5.72. The van der Waals surface area contributed by atoms with E-state index in [-0.39, 0.29) is 5.60 Å². The summed E-state index contributed by atoms with van der Waals surface area (Å²) in [4.78, 5) is 11.3. The smallest absolute Gasteiger partial charge is 0.330 e. The zero-order chi connectivity index (χ0) is 16.1. The summed E-state index contributed by atoms with van der Waals surface area (Å²) in [6.07, 6.45) is 1.81. The van der Waals surface area contributed by atoms with Crippen LogP contribution >= 0.6 is 0 Å². The number of carbonyl (C=O) groups is 1. The molecule has 0 aliphatic heterocycles. The summed E-state index contributed by atoms with van der Waals surface area (Å²) < 4.78 is 11.3. The standard InChI is InChI=1S/C18H26O3/c1-7-16(19)21-17(3,4)12-13-20-18(5,6)15-10-8-14(2)9-11-15/h7-11H,1,12-13H2,2-6H3. The largest absolute Gasteiger partial charge is 0.456 e. The number of esters is 1. The van der Waals surface area contributed by atoms with E-state index in [4.69, 9.17) is 9.47 Å². The highest BCUT2D eigenvalue weighted by atomic mass is 16.6. The first-order valence-electron chi connectivity index (χ1n) is 7.23. The van der Waals surface area contributed by atoms with Crippen LogP contribution in [0.2, 0.25) is 0 Å². The molecule has 116 valence electrons. The molecule has 1 aromatic rings. The van der Waals surface area contributed by atoms with Gasteiger partial charge in [0.05, 0.1) is 12.2 Å². The van der Waals surface area contributed by atoms with Crippen molar-refractivity contribution in [1.82, 2.24) is 0 Å². The zero-order valence-corrected chi connectivity index (χ0v) is 13.7. The average Bonchev–Trinajstić information content (AvgIpc) is 2.38. The highest BCUT2D eigenvalue weighted by Gasteiger charge is 2.25. The maximum atomic E-state index is 11.3. The van der Waals surface area contributed by atoms with E-state index in [0.29, 0.717) is 13.0 Å². The molecule has 0 spiro atoms. The van der Waals surface area contributed by atoms with Gasteiger partial charge in [-0.1, -0.05) is 36.4 Å². The molecule has 0 unspecified atom stereocenters. The van der Waals surface area contributed by atoms with Gasteiger partial charge >= 0.3 is 5.97 Å². The van der Waals surface area contributed by atoms with Gasteiger partial charge in [0.1, 0.15) is 5.60 Å². The molecule has 0 bridgehead atoms. The molecule has 1 rings (SSSR count). The number of benzene rings is 1. The van der Waals surface area contributed by atoms with E-state index in [1.807, 2.05) is 27.7 Å². The minimum atomic E-state index is -0.561. The average molecular weight is 290 g/mol. The summed E-state index contributed by atoms with van der Waals surface area (Å²) in [5.74, 6) is -0.405. The Balaban J connectivity index is 2.55. The number of hydrogen-bond acceptors (Lipinski definition) is 3. The summed E-state index contributed by atoms with van der Waals surface area (Å²) >= 11 is 0.